The number of ether oxygens (including phenoxy) is 1. The van der Waals surface area contributed by atoms with E-state index in [9.17, 15) is 9.59 Å². The number of nitrogens with one attached hydrogen (secondary N) is 1. The van der Waals surface area contributed by atoms with Crippen LogP contribution in [0.25, 0.3) is 11.4 Å². The Kier molecular flexibility index (Phi) is 5.26. The van der Waals surface area contributed by atoms with Gasteiger partial charge in [0, 0.05) is 11.8 Å². The lowest BCUT2D eigenvalue weighted by Crippen LogP contribution is -2.17. The van der Waals surface area contributed by atoms with Crippen LogP contribution in [0.15, 0.2) is 54.7 Å². The zero-order valence-electron chi connectivity index (χ0n) is 15.3. The highest BCUT2D eigenvalue weighted by Crippen LogP contribution is 2.20. The van der Waals surface area contributed by atoms with E-state index in [1.807, 2.05) is 31.2 Å². The number of rotatable bonds is 4. The van der Waals surface area contributed by atoms with Gasteiger partial charge in [0.1, 0.15) is 0 Å². The van der Waals surface area contributed by atoms with Crippen molar-refractivity contribution in [2.75, 3.05) is 12.4 Å². The number of carbonyl (C=O) groups is 2. The van der Waals surface area contributed by atoms with E-state index in [1.54, 1.807) is 31.2 Å². The molecule has 0 atom stereocenters. The fraction of sp³-hybridized carbons (Fsp3) is 0.143. The van der Waals surface area contributed by atoms with Crippen LogP contribution in [0.1, 0.15) is 32.0 Å². The van der Waals surface area contributed by atoms with Crippen molar-refractivity contribution in [1.29, 1.82) is 0 Å². The molecule has 0 spiro atoms. The van der Waals surface area contributed by atoms with E-state index in [0.717, 1.165) is 11.1 Å². The van der Waals surface area contributed by atoms with Crippen molar-refractivity contribution in [3.05, 3.63) is 77.1 Å². The van der Waals surface area contributed by atoms with Crippen molar-refractivity contribution >= 4 is 17.6 Å². The minimum atomic E-state index is -0.520. The molecule has 1 heterocycles. The van der Waals surface area contributed by atoms with Crippen molar-refractivity contribution in [3.63, 3.8) is 0 Å². The maximum Gasteiger partial charge on any atom is 0.339 e. The molecule has 0 aliphatic carbocycles. The van der Waals surface area contributed by atoms with Crippen LogP contribution in [0.3, 0.4) is 0 Å². The summed E-state index contributed by atoms with van der Waals surface area (Å²) in [6.45, 7) is 3.76. The van der Waals surface area contributed by atoms with E-state index in [2.05, 4.69) is 15.3 Å². The Balaban J connectivity index is 1.86. The molecule has 136 valence electrons. The first-order valence-electron chi connectivity index (χ1n) is 8.39. The van der Waals surface area contributed by atoms with Gasteiger partial charge >= 0.3 is 5.97 Å². The van der Waals surface area contributed by atoms with Crippen LogP contribution in [-0.4, -0.2) is 29.0 Å². The van der Waals surface area contributed by atoms with Gasteiger partial charge in [0.05, 0.1) is 29.6 Å². The molecule has 0 radical (unpaired) electrons. The van der Waals surface area contributed by atoms with Crippen molar-refractivity contribution in [2.45, 2.75) is 13.8 Å². The lowest BCUT2D eigenvalue weighted by atomic mass is 10.1. The number of para-hydroxylation sites is 1. The average Bonchev–Trinajstić information content (AvgIpc) is 2.68. The van der Waals surface area contributed by atoms with Crippen LogP contribution < -0.4 is 5.32 Å². The molecular weight excluding hydrogens is 342 g/mol. The molecule has 2 aromatic carbocycles. The summed E-state index contributed by atoms with van der Waals surface area (Å²) in [4.78, 5) is 33.3. The fourth-order valence-corrected chi connectivity index (χ4v) is 2.60. The number of aryl methyl sites for hydroxylation is 2. The van der Waals surface area contributed by atoms with E-state index >= 15 is 0 Å². The second kappa shape index (κ2) is 7.78. The van der Waals surface area contributed by atoms with E-state index in [-0.39, 0.29) is 11.5 Å². The number of esters is 1. The molecule has 1 amide bonds. The molecule has 0 aliphatic rings. The van der Waals surface area contributed by atoms with E-state index < -0.39 is 5.97 Å². The predicted octanol–water partition coefficient (Wildman–Crippen LogP) is 3.80. The standard InChI is InChI=1S/C21H19N3O3/c1-13-8-10-15(11-9-13)19-22-12-17(14(2)23-19)20(25)24-18-7-5-4-6-16(18)21(26)27-3/h4-12H,1-3H3,(H,24,25). The number of hydrogen-bond acceptors (Lipinski definition) is 5. The first-order valence-corrected chi connectivity index (χ1v) is 8.39. The monoisotopic (exact) mass is 361 g/mol. The highest BCUT2D eigenvalue weighted by Gasteiger charge is 2.17. The maximum absolute atomic E-state index is 12.6. The number of carbonyl (C=O) groups excluding carboxylic acids is 2. The summed E-state index contributed by atoms with van der Waals surface area (Å²) in [5.41, 5.74) is 3.57. The lowest BCUT2D eigenvalue weighted by Gasteiger charge is -2.11. The fourth-order valence-electron chi connectivity index (χ4n) is 2.60. The van der Waals surface area contributed by atoms with Crippen LogP contribution in [0, 0.1) is 13.8 Å². The number of nitrogens with zero attached hydrogens (tertiary/aromatic N) is 2. The zero-order chi connectivity index (χ0) is 19.4. The predicted molar refractivity (Wildman–Crippen MR) is 103 cm³/mol. The minimum absolute atomic E-state index is 0.281. The van der Waals surface area contributed by atoms with Gasteiger partial charge in [0.2, 0.25) is 0 Å². The lowest BCUT2D eigenvalue weighted by molar-refractivity contribution is 0.0602. The Labute approximate surface area is 157 Å². The largest absolute Gasteiger partial charge is 0.465 e. The van der Waals surface area contributed by atoms with Gasteiger partial charge in [0.15, 0.2) is 5.82 Å². The molecule has 3 rings (SSSR count). The summed E-state index contributed by atoms with van der Waals surface area (Å²) < 4.78 is 4.75. The van der Waals surface area contributed by atoms with Gasteiger partial charge < -0.3 is 10.1 Å². The number of aromatic nitrogens is 2. The van der Waals surface area contributed by atoms with E-state index in [1.165, 1.54) is 13.3 Å². The summed E-state index contributed by atoms with van der Waals surface area (Å²) >= 11 is 0. The molecule has 6 nitrogen and oxygen atoms in total. The molecule has 0 aliphatic heterocycles. The molecule has 1 N–H and O–H groups in total. The van der Waals surface area contributed by atoms with Crippen LogP contribution in [0.2, 0.25) is 0 Å². The van der Waals surface area contributed by atoms with Crippen molar-refractivity contribution < 1.29 is 14.3 Å². The number of amides is 1. The molecule has 27 heavy (non-hydrogen) atoms. The molecule has 1 aromatic heterocycles. The van der Waals surface area contributed by atoms with Crippen molar-refractivity contribution in [1.82, 2.24) is 9.97 Å². The summed E-state index contributed by atoms with van der Waals surface area (Å²) in [6, 6.07) is 14.5. The van der Waals surface area contributed by atoms with Crippen LogP contribution in [0.4, 0.5) is 5.69 Å². The van der Waals surface area contributed by atoms with Gasteiger partial charge in [-0.15, -0.1) is 0 Å². The minimum Gasteiger partial charge on any atom is -0.465 e. The molecule has 0 bridgehead atoms. The molecular formula is C21H19N3O3. The smallest absolute Gasteiger partial charge is 0.339 e. The maximum atomic E-state index is 12.6. The van der Waals surface area contributed by atoms with Crippen LogP contribution in [-0.2, 0) is 4.74 Å². The van der Waals surface area contributed by atoms with Crippen molar-refractivity contribution in [3.8, 4) is 11.4 Å². The number of methoxy groups -OCH3 is 1. The average molecular weight is 361 g/mol. The molecule has 0 fully saturated rings. The van der Waals surface area contributed by atoms with Crippen LogP contribution >= 0.6 is 0 Å². The number of benzene rings is 2. The highest BCUT2D eigenvalue weighted by atomic mass is 16.5. The summed E-state index contributed by atoms with van der Waals surface area (Å²) in [6.07, 6.45) is 1.49. The molecule has 0 saturated heterocycles. The van der Waals surface area contributed by atoms with Gasteiger partial charge in [-0.05, 0) is 26.0 Å². The Morgan fingerprint density at radius 2 is 1.67 bits per heavy atom. The highest BCUT2D eigenvalue weighted by molar-refractivity contribution is 6.08. The van der Waals surface area contributed by atoms with Gasteiger partial charge in [-0.3, -0.25) is 4.79 Å². The Morgan fingerprint density at radius 1 is 0.963 bits per heavy atom. The van der Waals surface area contributed by atoms with Gasteiger partial charge in [-0.1, -0.05) is 42.0 Å². The summed E-state index contributed by atoms with van der Waals surface area (Å²) in [7, 11) is 1.29. The zero-order valence-corrected chi connectivity index (χ0v) is 15.3. The summed E-state index contributed by atoms with van der Waals surface area (Å²) in [5.74, 6) is -0.355. The SMILES string of the molecule is COC(=O)c1ccccc1NC(=O)c1cnc(-c2ccc(C)cc2)nc1C. The van der Waals surface area contributed by atoms with Gasteiger partial charge in [-0.2, -0.15) is 0 Å². The summed E-state index contributed by atoms with van der Waals surface area (Å²) in [5, 5.41) is 2.73. The van der Waals surface area contributed by atoms with Crippen molar-refractivity contribution in [2.24, 2.45) is 0 Å². The topological polar surface area (TPSA) is 81.2 Å². The third-order valence-electron chi connectivity index (χ3n) is 4.11. The second-order valence-corrected chi connectivity index (χ2v) is 6.05. The van der Waals surface area contributed by atoms with Gasteiger partial charge in [-0.25, -0.2) is 14.8 Å². The normalized spacial score (nSPS) is 10.3. The Morgan fingerprint density at radius 3 is 2.33 bits per heavy atom. The molecule has 6 heteroatoms. The van der Waals surface area contributed by atoms with E-state index in [0.29, 0.717) is 22.8 Å². The third kappa shape index (κ3) is 4.00. The quantitative estimate of drug-likeness (QED) is 0.715. The third-order valence-corrected chi connectivity index (χ3v) is 4.11. The van der Waals surface area contributed by atoms with Gasteiger partial charge in [0.25, 0.3) is 5.91 Å². The second-order valence-electron chi connectivity index (χ2n) is 6.05. The first-order chi connectivity index (χ1) is 13.0. The molecule has 0 saturated carbocycles. The Hall–Kier alpha value is -3.54. The molecule has 0 unspecified atom stereocenters. The number of anilines is 1. The molecule has 3 aromatic rings. The first kappa shape index (κ1) is 18.3. The van der Waals surface area contributed by atoms with Crippen LogP contribution in [0.5, 0.6) is 0 Å². The number of hydrogen-bond donors (Lipinski definition) is 1. The Bertz CT molecular complexity index is 998. The van der Waals surface area contributed by atoms with E-state index in [4.69, 9.17) is 4.74 Å².